The minimum atomic E-state index is -0.312. The summed E-state index contributed by atoms with van der Waals surface area (Å²) >= 11 is 1.51. The number of hydrogen-bond acceptors (Lipinski definition) is 6. The molecule has 4 rings (SSSR count). The summed E-state index contributed by atoms with van der Waals surface area (Å²) in [6.45, 7) is -0.184. The zero-order valence-corrected chi connectivity index (χ0v) is 15.4. The van der Waals surface area contributed by atoms with Gasteiger partial charge in [0.05, 0.1) is 17.0 Å². The van der Waals surface area contributed by atoms with Crippen molar-refractivity contribution in [1.29, 1.82) is 5.26 Å². The molecule has 0 fully saturated rings. The second-order valence-electron chi connectivity index (χ2n) is 5.90. The number of nitriles is 1. The summed E-state index contributed by atoms with van der Waals surface area (Å²) in [4.78, 5) is 21.6. The van der Waals surface area contributed by atoms with Crippen molar-refractivity contribution in [3.05, 3.63) is 71.9 Å². The molecule has 2 aromatic heterocycles. The first-order valence-corrected chi connectivity index (χ1v) is 9.33. The molecular formula is C21H14N4O2S. The summed E-state index contributed by atoms with van der Waals surface area (Å²) in [5, 5.41) is 14.4. The zero-order chi connectivity index (χ0) is 19.3. The second kappa shape index (κ2) is 7.86. The maximum atomic E-state index is 12.2. The van der Waals surface area contributed by atoms with Crippen LogP contribution in [0.15, 0.2) is 66.3 Å². The number of nitrogens with one attached hydrogen (secondary N) is 1. The van der Waals surface area contributed by atoms with Crippen LogP contribution in [-0.4, -0.2) is 22.5 Å². The van der Waals surface area contributed by atoms with E-state index in [4.69, 9.17) is 10.00 Å². The van der Waals surface area contributed by atoms with Crippen molar-refractivity contribution in [1.82, 2.24) is 9.97 Å². The van der Waals surface area contributed by atoms with Gasteiger partial charge in [0.1, 0.15) is 11.2 Å². The molecule has 1 amide bonds. The van der Waals surface area contributed by atoms with Crippen LogP contribution in [-0.2, 0) is 4.79 Å². The molecule has 0 aliphatic rings. The molecule has 2 heterocycles. The summed E-state index contributed by atoms with van der Waals surface area (Å²) in [7, 11) is 0. The first-order chi connectivity index (χ1) is 13.7. The van der Waals surface area contributed by atoms with Crippen LogP contribution in [0, 0.1) is 11.3 Å². The molecule has 0 aliphatic heterocycles. The van der Waals surface area contributed by atoms with Gasteiger partial charge in [-0.2, -0.15) is 5.26 Å². The Morgan fingerprint density at radius 3 is 2.64 bits per heavy atom. The molecule has 0 spiro atoms. The average Bonchev–Trinajstić information content (AvgIpc) is 3.18. The maximum Gasteiger partial charge on any atom is 0.262 e. The standard InChI is InChI=1S/C21H14N4O2S/c22-10-14-6-8-16(9-7-14)25-18(26)11-27-20-19-17(15-4-2-1-3-5-15)12-28-21(19)24-13-23-20/h1-9,12-13H,11H2,(H,25,26). The van der Waals surface area contributed by atoms with Gasteiger partial charge in [-0.1, -0.05) is 30.3 Å². The lowest BCUT2D eigenvalue weighted by Crippen LogP contribution is -2.20. The van der Waals surface area contributed by atoms with Gasteiger partial charge in [-0.25, -0.2) is 9.97 Å². The normalized spacial score (nSPS) is 10.4. The number of anilines is 1. The van der Waals surface area contributed by atoms with Crippen LogP contribution in [0.25, 0.3) is 21.3 Å². The number of thiophene rings is 1. The third-order valence-corrected chi connectivity index (χ3v) is 4.94. The number of carbonyl (C=O) groups is 1. The van der Waals surface area contributed by atoms with Crippen LogP contribution in [0.5, 0.6) is 5.88 Å². The number of hydrogen-bond donors (Lipinski definition) is 1. The highest BCUT2D eigenvalue weighted by Crippen LogP contribution is 2.37. The van der Waals surface area contributed by atoms with E-state index >= 15 is 0 Å². The van der Waals surface area contributed by atoms with Crippen molar-refractivity contribution >= 4 is 33.1 Å². The third-order valence-electron chi connectivity index (χ3n) is 4.06. The van der Waals surface area contributed by atoms with E-state index < -0.39 is 0 Å². The van der Waals surface area contributed by atoms with Crippen molar-refractivity contribution in [3.63, 3.8) is 0 Å². The molecule has 4 aromatic rings. The highest BCUT2D eigenvalue weighted by atomic mass is 32.1. The van der Waals surface area contributed by atoms with Crippen molar-refractivity contribution < 1.29 is 9.53 Å². The lowest BCUT2D eigenvalue weighted by molar-refractivity contribution is -0.118. The summed E-state index contributed by atoms with van der Waals surface area (Å²) in [6, 6.07) is 18.6. The average molecular weight is 386 g/mol. The van der Waals surface area contributed by atoms with Gasteiger partial charge in [-0.15, -0.1) is 11.3 Å². The van der Waals surface area contributed by atoms with E-state index in [0.717, 1.165) is 21.3 Å². The number of amides is 1. The fourth-order valence-electron chi connectivity index (χ4n) is 2.75. The lowest BCUT2D eigenvalue weighted by atomic mass is 10.1. The molecule has 0 saturated carbocycles. The van der Waals surface area contributed by atoms with Crippen molar-refractivity contribution in [2.45, 2.75) is 0 Å². The molecule has 1 N–H and O–H groups in total. The minimum absolute atomic E-state index is 0.184. The Balaban J connectivity index is 1.52. The lowest BCUT2D eigenvalue weighted by Gasteiger charge is -2.09. The highest BCUT2D eigenvalue weighted by molar-refractivity contribution is 7.17. The first-order valence-electron chi connectivity index (χ1n) is 8.45. The van der Waals surface area contributed by atoms with Gasteiger partial charge in [-0.05, 0) is 29.8 Å². The van der Waals surface area contributed by atoms with Crippen LogP contribution in [0.4, 0.5) is 5.69 Å². The maximum absolute atomic E-state index is 12.2. The number of aromatic nitrogens is 2. The Morgan fingerprint density at radius 1 is 1.11 bits per heavy atom. The van der Waals surface area contributed by atoms with E-state index in [1.165, 1.54) is 17.7 Å². The number of benzene rings is 2. The minimum Gasteiger partial charge on any atom is -0.467 e. The topological polar surface area (TPSA) is 87.9 Å². The number of rotatable bonds is 5. The SMILES string of the molecule is N#Cc1ccc(NC(=O)COc2ncnc3scc(-c4ccccc4)c23)cc1. The van der Waals surface area contributed by atoms with E-state index in [2.05, 4.69) is 15.3 Å². The fourth-order valence-corrected chi connectivity index (χ4v) is 3.65. The van der Waals surface area contributed by atoms with Crippen LogP contribution < -0.4 is 10.1 Å². The monoisotopic (exact) mass is 386 g/mol. The molecule has 0 unspecified atom stereocenters. The Hall–Kier alpha value is -3.76. The van der Waals surface area contributed by atoms with Crippen molar-refractivity contribution in [3.8, 4) is 23.1 Å². The van der Waals surface area contributed by atoms with Gasteiger partial charge in [-0.3, -0.25) is 4.79 Å². The Morgan fingerprint density at radius 2 is 1.89 bits per heavy atom. The molecule has 7 heteroatoms. The molecule has 28 heavy (non-hydrogen) atoms. The number of nitrogens with zero attached hydrogens (tertiary/aromatic N) is 3. The number of carbonyl (C=O) groups excluding carboxylic acids is 1. The Bertz CT molecular complexity index is 1160. The van der Waals surface area contributed by atoms with Gasteiger partial charge in [0.2, 0.25) is 5.88 Å². The van der Waals surface area contributed by atoms with Crippen LogP contribution in [0.2, 0.25) is 0 Å². The fraction of sp³-hybridized carbons (Fsp3) is 0.0476. The molecule has 0 atom stereocenters. The van der Waals surface area contributed by atoms with Crippen molar-refractivity contribution in [2.24, 2.45) is 0 Å². The number of ether oxygens (including phenoxy) is 1. The summed E-state index contributed by atoms with van der Waals surface area (Å²) in [6.07, 6.45) is 1.43. The van der Waals surface area contributed by atoms with E-state index in [1.54, 1.807) is 24.3 Å². The van der Waals surface area contributed by atoms with Gasteiger partial charge in [0, 0.05) is 16.6 Å². The summed E-state index contributed by atoms with van der Waals surface area (Å²) < 4.78 is 5.71. The van der Waals surface area contributed by atoms with Gasteiger partial charge in [0.15, 0.2) is 6.61 Å². The quantitative estimate of drug-likeness (QED) is 0.554. The van der Waals surface area contributed by atoms with E-state index in [0.29, 0.717) is 17.1 Å². The van der Waals surface area contributed by atoms with Crippen LogP contribution in [0.1, 0.15) is 5.56 Å². The molecule has 0 saturated heterocycles. The van der Waals surface area contributed by atoms with E-state index in [-0.39, 0.29) is 12.5 Å². The van der Waals surface area contributed by atoms with E-state index in [9.17, 15) is 4.79 Å². The van der Waals surface area contributed by atoms with Crippen molar-refractivity contribution in [2.75, 3.05) is 11.9 Å². The third kappa shape index (κ3) is 3.68. The van der Waals surface area contributed by atoms with E-state index in [1.807, 2.05) is 41.8 Å². The summed E-state index contributed by atoms with van der Waals surface area (Å²) in [5.41, 5.74) is 3.14. The molecule has 0 bridgehead atoms. The zero-order valence-electron chi connectivity index (χ0n) is 14.6. The molecular weight excluding hydrogens is 372 g/mol. The molecule has 6 nitrogen and oxygen atoms in total. The van der Waals surface area contributed by atoms with Crippen LogP contribution in [0.3, 0.4) is 0 Å². The van der Waals surface area contributed by atoms with Crippen LogP contribution >= 0.6 is 11.3 Å². The van der Waals surface area contributed by atoms with Gasteiger partial charge >= 0.3 is 0 Å². The second-order valence-corrected chi connectivity index (χ2v) is 6.76. The predicted octanol–water partition coefficient (Wildman–Crippen LogP) is 4.25. The molecule has 0 aliphatic carbocycles. The number of fused-ring (bicyclic) bond motifs is 1. The summed E-state index contributed by atoms with van der Waals surface area (Å²) in [5.74, 6) is 0.0630. The van der Waals surface area contributed by atoms with Gasteiger partial charge < -0.3 is 10.1 Å². The predicted molar refractivity (Wildman–Crippen MR) is 108 cm³/mol. The first kappa shape index (κ1) is 17.6. The highest BCUT2D eigenvalue weighted by Gasteiger charge is 2.15. The largest absolute Gasteiger partial charge is 0.467 e. The Kier molecular flexibility index (Phi) is 4.95. The Labute approximate surface area is 165 Å². The van der Waals surface area contributed by atoms with Gasteiger partial charge in [0.25, 0.3) is 5.91 Å². The molecule has 0 radical (unpaired) electrons. The molecule has 2 aromatic carbocycles. The molecule has 136 valence electrons. The smallest absolute Gasteiger partial charge is 0.262 e.